The molecule has 0 aliphatic carbocycles. The lowest BCUT2D eigenvalue weighted by Gasteiger charge is -2.25. The molecule has 3 rings (SSSR count). The van der Waals surface area contributed by atoms with E-state index in [9.17, 15) is 4.79 Å². The van der Waals surface area contributed by atoms with Gasteiger partial charge in [0.1, 0.15) is 0 Å². The van der Waals surface area contributed by atoms with Gasteiger partial charge in [0.05, 0.1) is 16.6 Å². The number of carbonyl (C=O) groups excluding carboxylic acids is 1. The maximum Gasteiger partial charge on any atom is 0.271 e. The number of rotatable bonds is 6. The average molecular weight is 375 g/mol. The number of H-pyrrole nitrogens is 1. The van der Waals surface area contributed by atoms with Crippen LogP contribution in [0.3, 0.4) is 0 Å². The molecule has 1 aromatic carbocycles. The normalized spacial score (nSPS) is 12.3. The molecule has 1 amide bonds. The van der Waals surface area contributed by atoms with Gasteiger partial charge in [-0.15, -0.1) is 11.3 Å². The number of aromatic nitrogens is 2. The summed E-state index contributed by atoms with van der Waals surface area (Å²) in [6.45, 7) is 0.441. The van der Waals surface area contributed by atoms with Crippen molar-refractivity contribution in [3.63, 3.8) is 0 Å². The van der Waals surface area contributed by atoms with Crippen molar-refractivity contribution < 1.29 is 4.79 Å². The van der Waals surface area contributed by atoms with E-state index >= 15 is 0 Å². The van der Waals surface area contributed by atoms with Gasteiger partial charge in [0.2, 0.25) is 0 Å². The number of aromatic amines is 1. The second kappa shape index (κ2) is 7.82. The van der Waals surface area contributed by atoms with Gasteiger partial charge < -0.3 is 10.2 Å². The molecule has 0 saturated heterocycles. The van der Waals surface area contributed by atoms with Crippen LogP contribution in [-0.2, 0) is 0 Å². The standard InChI is InChI=1S/C18H19ClN4OS/c1-23(2)16(12-6-3-4-7-13(12)19)11-20-18(24)15-10-14(21-22-15)17-8-5-9-25-17/h3-10,16H,11H2,1-2H3,(H,20,24)(H,21,22). The smallest absolute Gasteiger partial charge is 0.271 e. The number of benzene rings is 1. The number of hydrogen-bond acceptors (Lipinski definition) is 4. The van der Waals surface area contributed by atoms with Gasteiger partial charge in [0.25, 0.3) is 5.91 Å². The first-order chi connectivity index (χ1) is 12.1. The maximum absolute atomic E-state index is 12.4. The van der Waals surface area contributed by atoms with Gasteiger partial charge in [-0.2, -0.15) is 5.10 Å². The third kappa shape index (κ3) is 4.10. The van der Waals surface area contributed by atoms with E-state index in [0.29, 0.717) is 17.3 Å². The summed E-state index contributed by atoms with van der Waals surface area (Å²) >= 11 is 7.90. The molecule has 130 valence electrons. The van der Waals surface area contributed by atoms with Gasteiger partial charge in [-0.25, -0.2) is 0 Å². The second-order valence-electron chi connectivity index (χ2n) is 5.86. The summed E-state index contributed by atoms with van der Waals surface area (Å²) in [6, 6.07) is 13.4. The number of thiophene rings is 1. The van der Waals surface area contributed by atoms with Gasteiger partial charge in [-0.05, 0) is 43.2 Å². The first kappa shape index (κ1) is 17.7. The van der Waals surface area contributed by atoms with Crippen LogP contribution in [0.15, 0.2) is 47.8 Å². The largest absolute Gasteiger partial charge is 0.349 e. The Morgan fingerprint density at radius 1 is 1.32 bits per heavy atom. The number of hydrogen-bond donors (Lipinski definition) is 2. The van der Waals surface area contributed by atoms with E-state index in [-0.39, 0.29) is 11.9 Å². The van der Waals surface area contributed by atoms with Crippen molar-refractivity contribution in [3.8, 4) is 10.6 Å². The molecule has 2 aromatic heterocycles. The maximum atomic E-state index is 12.4. The van der Waals surface area contributed by atoms with E-state index in [0.717, 1.165) is 16.1 Å². The zero-order valence-corrected chi connectivity index (χ0v) is 15.6. The number of carbonyl (C=O) groups is 1. The quantitative estimate of drug-likeness (QED) is 0.689. The molecule has 0 fully saturated rings. The summed E-state index contributed by atoms with van der Waals surface area (Å²) in [4.78, 5) is 15.5. The molecule has 1 atom stereocenters. The van der Waals surface area contributed by atoms with Gasteiger partial charge in [0.15, 0.2) is 5.69 Å². The Hall–Kier alpha value is -2.15. The van der Waals surface area contributed by atoms with E-state index in [4.69, 9.17) is 11.6 Å². The van der Waals surface area contributed by atoms with Crippen LogP contribution in [0.1, 0.15) is 22.1 Å². The van der Waals surface area contributed by atoms with Gasteiger partial charge in [0, 0.05) is 11.6 Å². The fraction of sp³-hybridized carbons (Fsp3) is 0.222. The highest BCUT2D eigenvalue weighted by Crippen LogP contribution is 2.26. The highest BCUT2D eigenvalue weighted by atomic mass is 35.5. The zero-order chi connectivity index (χ0) is 17.8. The highest BCUT2D eigenvalue weighted by molar-refractivity contribution is 7.13. The minimum atomic E-state index is -0.210. The summed E-state index contributed by atoms with van der Waals surface area (Å²) < 4.78 is 0. The van der Waals surface area contributed by atoms with Crippen LogP contribution in [-0.4, -0.2) is 41.6 Å². The monoisotopic (exact) mass is 374 g/mol. The molecule has 2 heterocycles. The van der Waals surface area contributed by atoms with Crippen LogP contribution in [0.2, 0.25) is 5.02 Å². The number of nitrogens with zero attached hydrogens (tertiary/aromatic N) is 2. The van der Waals surface area contributed by atoms with Crippen LogP contribution in [0.5, 0.6) is 0 Å². The van der Waals surface area contributed by atoms with E-state index in [1.54, 1.807) is 17.4 Å². The van der Waals surface area contributed by atoms with Crippen molar-refractivity contribution in [2.24, 2.45) is 0 Å². The van der Waals surface area contributed by atoms with Crippen LogP contribution in [0.4, 0.5) is 0 Å². The van der Waals surface area contributed by atoms with Crippen molar-refractivity contribution in [2.45, 2.75) is 6.04 Å². The lowest BCUT2D eigenvalue weighted by Crippen LogP contribution is -2.34. The Labute approximate surface area is 155 Å². The summed E-state index contributed by atoms with van der Waals surface area (Å²) in [5, 5.41) is 12.6. The van der Waals surface area contributed by atoms with Crippen molar-refractivity contribution in [2.75, 3.05) is 20.6 Å². The third-order valence-corrected chi connectivity index (χ3v) is 5.19. The molecular weight excluding hydrogens is 356 g/mol. The molecule has 0 aliphatic rings. The predicted octanol–water partition coefficient (Wildman–Crippen LogP) is 3.82. The van der Waals surface area contributed by atoms with Crippen LogP contribution in [0, 0.1) is 0 Å². The molecular formula is C18H19ClN4OS. The van der Waals surface area contributed by atoms with Gasteiger partial charge >= 0.3 is 0 Å². The molecule has 7 heteroatoms. The fourth-order valence-corrected chi connectivity index (χ4v) is 3.55. The summed E-state index contributed by atoms with van der Waals surface area (Å²) in [5.74, 6) is -0.210. The molecule has 0 radical (unpaired) electrons. The van der Waals surface area contributed by atoms with E-state index in [2.05, 4.69) is 15.5 Å². The molecule has 5 nitrogen and oxygen atoms in total. The SMILES string of the molecule is CN(C)C(CNC(=O)c1cc(-c2cccs2)[nH]n1)c1ccccc1Cl. The van der Waals surface area contributed by atoms with E-state index in [1.807, 2.05) is 60.8 Å². The Morgan fingerprint density at radius 3 is 2.80 bits per heavy atom. The molecule has 0 saturated carbocycles. The number of likely N-dealkylation sites (N-methyl/N-ethyl adjacent to an activating group) is 1. The van der Waals surface area contributed by atoms with Crippen LogP contribution >= 0.6 is 22.9 Å². The Morgan fingerprint density at radius 2 is 2.12 bits per heavy atom. The average Bonchev–Trinajstić information content (AvgIpc) is 3.27. The lowest BCUT2D eigenvalue weighted by molar-refractivity contribution is 0.0937. The first-order valence-electron chi connectivity index (χ1n) is 7.84. The van der Waals surface area contributed by atoms with Crippen molar-refractivity contribution in [3.05, 3.63) is 64.1 Å². The number of halogens is 1. The number of amides is 1. The molecule has 25 heavy (non-hydrogen) atoms. The minimum absolute atomic E-state index is 0.0200. The Balaban J connectivity index is 1.69. The van der Waals surface area contributed by atoms with Crippen LogP contribution in [0.25, 0.3) is 10.6 Å². The molecule has 0 spiro atoms. The first-order valence-corrected chi connectivity index (χ1v) is 9.10. The van der Waals surface area contributed by atoms with E-state index < -0.39 is 0 Å². The Bertz CT molecular complexity index is 844. The molecule has 0 aliphatic heterocycles. The number of nitrogens with one attached hydrogen (secondary N) is 2. The Kier molecular flexibility index (Phi) is 5.53. The minimum Gasteiger partial charge on any atom is -0.349 e. The molecule has 1 unspecified atom stereocenters. The van der Waals surface area contributed by atoms with Crippen LogP contribution < -0.4 is 5.32 Å². The zero-order valence-electron chi connectivity index (χ0n) is 14.0. The highest BCUT2D eigenvalue weighted by Gasteiger charge is 2.19. The van der Waals surface area contributed by atoms with E-state index in [1.165, 1.54) is 0 Å². The van der Waals surface area contributed by atoms with Gasteiger partial charge in [-0.1, -0.05) is 35.9 Å². The fourth-order valence-electron chi connectivity index (χ4n) is 2.59. The second-order valence-corrected chi connectivity index (χ2v) is 7.21. The molecule has 3 aromatic rings. The van der Waals surface area contributed by atoms with Crippen molar-refractivity contribution >= 4 is 28.8 Å². The van der Waals surface area contributed by atoms with Crippen molar-refractivity contribution in [1.82, 2.24) is 20.4 Å². The third-order valence-electron chi connectivity index (χ3n) is 3.94. The summed E-state index contributed by atoms with van der Waals surface area (Å²) in [5.41, 5.74) is 2.20. The van der Waals surface area contributed by atoms with Crippen molar-refractivity contribution in [1.29, 1.82) is 0 Å². The molecule has 2 N–H and O–H groups in total. The summed E-state index contributed by atoms with van der Waals surface area (Å²) in [6.07, 6.45) is 0. The topological polar surface area (TPSA) is 61.0 Å². The summed E-state index contributed by atoms with van der Waals surface area (Å²) in [7, 11) is 3.92. The molecule has 0 bridgehead atoms. The lowest BCUT2D eigenvalue weighted by atomic mass is 10.1. The predicted molar refractivity (Wildman–Crippen MR) is 102 cm³/mol. The van der Waals surface area contributed by atoms with Gasteiger partial charge in [-0.3, -0.25) is 9.89 Å².